The SMILES string of the molecule is CCCN1CCNC(C)(C)C1=O. The van der Waals surface area contributed by atoms with E-state index >= 15 is 0 Å². The minimum absolute atomic E-state index is 0.232. The Morgan fingerprint density at radius 1 is 1.58 bits per heavy atom. The molecule has 3 nitrogen and oxygen atoms in total. The first-order chi connectivity index (χ1) is 5.58. The van der Waals surface area contributed by atoms with Gasteiger partial charge in [0.2, 0.25) is 5.91 Å². The lowest BCUT2D eigenvalue weighted by Crippen LogP contribution is -2.61. The van der Waals surface area contributed by atoms with Gasteiger partial charge in [-0.05, 0) is 20.3 Å². The number of hydrogen-bond acceptors (Lipinski definition) is 2. The van der Waals surface area contributed by atoms with Gasteiger partial charge in [0.05, 0.1) is 5.54 Å². The summed E-state index contributed by atoms with van der Waals surface area (Å²) in [5.74, 6) is 0.232. The first kappa shape index (κ1) is 9.52. The Labute approximate surface area is 74.1 Å². The van der Waals surface area contributed by atoms with Crippen molar-refractivity contribution in [3.63, 3.8) is 0 Å². The Bertz CT molecular complexity index is 175. The van der Waals surface area contributed by atoms with Crippen LogP contribution in [0.5, 0.6) is 0 Å². The highest BCUT2D eigenvalue weighted by atomic mass is 16.2. The molecule has 3 heteroatoms. The van der Waals surface area contributed by atoms with Gasteiger partial charge in [0, 0.05) is 19.6 Å². The molecule has 1 N–H and O–H groups in total. The molecule has 0 bridgehead atoms. The summed E-state index contributed by atoms with van der Waals surface area (Å²) in [5, 5.41) is 3.21. The van der Waals surface area contributed by atoms with Crippen LogP contribution in [-0.4, -0.2) is 36.0 Å². The fourth-order valence-corrected chi connectivity index (χ4v) is 1.56. The molecule has 1 saturated heterocycles. The molecular formula is C9H18N2O. The van der Waals surface area contributed by atoms with Crippen LogP contribution in [0.4, 0.5) is 0 Å². The molecule has 0 atom stereocenters. The monoisotopic (exact) mass is 170 g/mol. The average molecular weight is 170 g/mol. The number of piperazine rings is 1. The van der Waals surface area contributed by atoms with E-state index in [1.165, 1.54) is 0 Å². The van der Waals surface area contributed by atoms with E-state index in [9.17, 15) is 4.79 Å². The van der Waals surface area contributed by atoms with Crippen LogP contribution in [0.25, 0.3) is 0 Å². The van der Waals surface area contributed by atoms with Crippen LogP contribution in [0.15, 0.2) is 0 Å². The highest BCUT2D eigenvalue weighted by molar-refractivity contribution is 5.86. The minimum atomic E-state index is -0.354. The number of hydrogen-bond donors (Lipinski definition) is 1. The summed E-state index contributed by atoms with van der Waals surface area (Å²) in [6, 6.07) is 0. The summed E-state index contributed by atoms with van der Waals surface area (Å²) < 4.78 is 0. The van der Waals surface area contributed by atoms with Crippen molar-refractivity contribution in [2.45, 2.75) is 32.7 Å². The molecule has 70 valence electrons. The summed E-state index contributed by atoms with van der Waals surface area (Å²) in [6.07, 6.45) is 1.04. The Morgan fingerprint density at radius 3 is 2.83 bits per heavy atom. The lowest BCUT2D eigenvalue weighted by molar-refractivity contribution is -0.139. The highest BCUT2D eigenvalue weighted by Crippen LogP contribution is 2.12. The molecule has 1 amide bonds. The average Bonchev–Trinajstić information content (AvgIpc) is 1.99. The van der Waals surface area contributed by atoms with Crippen molar-refractivity contribution in [1.29, 1.82) is 0 Å². The number of rotatable bonds is 2. The minimum Gasteiger partial charge on any atom is -0.340 e. The van der Waals surface area contributed by atoms with E-state index in [1.807, 2.05) is 18.7 Å². The first-order valence-corrected chi connectivity index (χ1v) is 4.62. The number of nitrogens with zero attached hydrogens (tertiary/aromatic N) is 1. The molecule has 0 spiro atoms. The van der Waals surface area contributed by atoms with E-state index in [0.717, 1.165) is 26.1 Å². The maximum Gasteiger partial charge on any atom is 0.242 e. The van der Waals surface area contributed by atoms with Gasteiger partial charge in [-0.2, -0.15) is 0 Å². The molecule has 0 saturated carbocycles. The number of carbonyl (C=O) groups is 1. The summed E-state index contributed by atoms with van der Waals surface area (Å²) in [6.45, 7) is 8.65. The smallest absolute Gasteiger partial charge is 0.242 e. The molecule has 1 aliphatic heterocycles. The van der Waals surface area contributed by atoms with Gasteiger partial charge < -0.3 is 10.2 Å². The van der Waals surface area contributed by atoms with Crippen molar-refractivity contribution in [3.05, 3.63) is 0 Å². The summed E-state index contributed by atoms with van der Waals surface area (Å²) in [7, 11) is 0. The third-order valence-corrected chi connectivity index (χ3v) is 2.26. The topological polar surface area (TPSA) is 32.3 Å². The Balaban J connectivity index is 2.60. The van der Waals surface area contributed by atoms with Crippen LogP contribution in [0.2, 0.25) is 0 Å². The second-order valence-corrected chi connectivity index (χ2v) is 3.84. The Morgan fingerprint density at radius 2 is 2.25 bits per heavy atom. The van der Waals surface area contributed by atoms with Crippen LogP contribution in [0.3, 0.4) is 0 Å². The number of carbonyl (C=O) groups excluding carboxylic acids is 1. The van der Waals surface area contributed by atoms with E-state index in [1.54, 1.807) is 0 Å². The Kier molecular flexibility index (Phi) is 2.73. The number of nitrogens with one attached hydrogen (secondary N) is 1. The van der Waals surface area contributed by atoms with E-state index in [2.05, 4.69) is 12.2 Å². The van der Waals surface area contributed by atoms with E-state index < -0.39 is 0 Å². The lowest BCUT2D eigenvalue weighted by Gasteiger charge is -2.38. The van der Waals surface area contributed by atoms with Gasteiger partial charge in [0.25, 0.3) is 0 Å². The van der Waals surface area contributed by atoms with Crippen molar-refractivity contribution in [2.75, 3.05) is 19.6 Å². The van der Waals surface area contributed by atoms with Gasteiger partial charge in [0.1, 0.15) is 0 Å². The van der Waals surface area contributed by atoms with Gasteiger partial charge >= 0.3 is 0 Å². The van der Waals surface area contributed by atoms with Crippen molar-refractivity contribution in [1.82, 2.24) is 10.2 Å². The fraction of sp³-hybridized carbons (Fsp3) is 0.889. The standard InChI is InChI=1S/C9H18N2O/c1-4-6-11-7-5-10-9(2,3)8(11)12/h10H,4-7H2,1-3H3. The second kappa shape index (κ2) is 3.44. The van der Waals surface area contributed by atoms with Crippen LogP contribution in [0, 0.1) is 0 Å². The molecule has 1 rings (SSSR count). The third kappa shape index (κ3) is 1.78. The summed E-state index contributed by atoms with van der Waals surface area (Å²) in [5.41, 5.74) is -0.354. The molecule has 0 unspecified atom stereocenters. The maximum absolute atomic E-state index is 11.7. The zero-order chi connectivity index (χ0) is 9.19. The molecule has 0 aromatic rings. The summed E-state index contributed by atoms with van der Waals surface area (Å²) >= 11 is 0. The largest absolute Gasteiger partial charge is 0.340 e. The van der Waals surface area contributed by atoms with Gasteiger partial charge in [-0.25, -0.2) is 0 Å². The molecule has 0 aromatic heterocycles. The predicted molar refractivity (Wildman–Crippen MR) is 49.0 cm³/mol. The van der Waals surface area contributed by atoms with Gasteiger partial charge in [0.15, 0.2) is 0 Å². The van der Waals surface area contributed by atoms with E-state index in [0.29, 0.717) is 0 Å². The third-order valence-electron chi connectivity index (χ3n) is 2.26. The van der Waals surface area contributed by atoms with Crippen LogP contribution >= 0.6 is 0 Å². The molecule has 12 heavy (non-hydrogen) atoms. The highest BCUT2D eigenvalue weighted by Gasteiger charge is 2.34. The van der Waals surface area contributed by atoms with Crippen LogP contribution in [-0.2, 0) is 4.79 Å². The second-order valence-electron chi connectivity index (χ2n) is 3.84. The molecule has 0 aliphatic carbocycles. The molecular weight excluding hydrogens is 152 g/mol. The van der Waals surface area contributed by atoms with Crippen molar-refractivity contribution in [3.8, 4) is 0 Å². The number of amides is 1. The van der Waals surface area contributed by atoms with Crippen molar-refractivity contribution >= 4 is 5.91 Å². The summed E-state index contributed by atoms with van der Waals surface area (Å²) in [4.78, 5) is 13.6. The molecule has 1 aliphatic rings. The maximum atomic E-state index is 11.7. The molecule has 1 fully saturated rings. The van der Waals surface area contributed by atoms with E-state index in [4.69, 9.17) is 0 Å². The Hall–Kier alpha value is -0.570. The zero-order valence-corrected chi connectivity index (χ0v) is 8.18. The van der Waals surface area contributed by atoms with Gasteiger partial charge in [-0.3, -0.25) is 4.79 Å². The van der Waals surface area contributed by atoms with Crippen molar-refractivity contribution < 1.29 is 4.79 Å². The fourth-order valence-electron chi connectivity index (χ4n) is 1.56. The van der Waals surface area contributed by atoms with Gasteiger partial charge in [-0.15, -0.1) is 0 Å². The van der Waals surface area contributed by atoms with Crippen LogP contribution < -0.4 is 5.32 Å². The van der Waals surface area contributed by atoms with Crippen molar-refractivity contribution in [2.24, 2.45) is 0 Å². The molecule has 1 heterocycles. The van der Waals surface area contributed by atoms with E-state index in [-0.39, 0.29) is 11.4 Å². The zero-order valence-electron chi connectivity index (χ0n) is 8.18. The molecule has 0 radical (unpaired) electrons. The quantitative estimate of drug-likeness (QED) is 0.658. The molecule has 0 aromatic carbocycles. The van der Waals surface area contributed by atoms with Crippen LogP contribution in [0.1, 0.15) is 27.2 Å². The lowest BCUT2D eigenvalue weighted by atomic mass is 10.0. The normalized spacial score (nSPS) is 22.9. The predicted octanol–water partition coefficient (Wildman–Crippen LogP) is 0.607. The van der Waals surface area contributed by atoms with Gasteiger partial charge in [-0.1, -0.05) is 6.92 Å². The first-order valence-electron chi connectivity index (χ1n) is 4.62.